The van der Waals surface area contributed by atoms with Crippen LogP contribution < -0.4 is 10.1 Å². The fourth-order valence-corrected chi connectivity index (χ4v) is 3.93. The van der Waals surface area contributed by atoms with Gasteiger partial charge in [0, 0.05) is 15.8 Å². The number of rotatable bonds is 3. The van der Waals surface area contributed by atoms with Crippen LogP contribution >= 0.6 is 34.5 Å². The molecule has 0 atom stereocenters. The second kappa shape index (κ2) is 6.16. The van der Waals surface area contributed by atoms with E-state index in [1.165, 1.54) is 11.3 Å². The Kier molecular flexibility index (Phi) is 4.25. The second-order valence-corrected chi connectivity index (χ2v) is 6.38. The highest BCUT2D eigenvalue weighted by molar-refractivity contribution is 7.21. The molecule has 1 aromatic heterocycles. The zero-order valence-electron chi connectivity index (χ0n) is 11.5. The maximum absolute atomic E-state index is 12.4. The number of methoxy groups -OCH3 is 1. The Balaban J connectivity index is 1.91. The number of nitrogens with one attached hydrogen (secondary N) is 1. The molecule has 0 aliphatic carbocycles. The number of anilines is 1. The Labute approximate surface area is 141 Å². The van der Waals surface area contributed by atoms with E-state index in [0.29, 0.717) is 20.6 Å². The molecule has 0 aliphatic heterocycles. The molecule has 3 nitrogen and oxygen atoms in total. The van der Waals surface area contributed by atoms with Crippen LogP contribution in [0.4, 0.5) is 5.69 Å². The third-order valence-corrected chi connectivity index (χ3v) is 5.12. The molecule has 1 heterocycles. The number of hydrogen-bond acceptors (Lipinski definition) is 3. The molecule has 0 aliphatic rings. The smallest absolute Gasteiger partial charge is 0.267 e. The van der Waals surface area contributed by atoms with Crippen molar-refractivity contribution in [1.82, 2.24) is 0 Å². The average molecular weight is 352 g/mol. The van der Waals surface area contributed by atoms with E-state index in [1.807, 2.05) is 12.1 Å². The largest absolute Gasteiger partial charge is 0.497 e. The van der Waals surface area contributed by atoms with E-state index in [4.69, 9.17) is 27.9 Å². The molecular formula is C16H11Cl2NO2S. The Morgan fingerprint density at radius 2 is 1.86 bits per heavy atom. The summed E-state index contributed by atoms with van der Waals surface area (Å²) in [6.07, 6.45) is 0. The molecule has 0 bridgehead atoms. The molecule has 0 unspecified atom stereocenters. The lowest BCUT2D eigenvalue weighted by Crippen LogP contribution is -2.10. The van der Waals surface area contributed by atoms with Crippen molar-refractivity contribution in [3.05, 3.63) is 57.4 Å². The third kappa shape index (κ3) is 2.77. The minimum absolute atomic E-state index is 0.257. The van der Waals surface area contributed by atoms with Crippen LogP contribution in [-0.2, 0) is 0 Å². The lowest BCUT2D eigenvalue weighted by molar-refractivity contribution is 0.103. The number of carbonyl (C=O) groups excluding carboxylic acids is 1. The van der Waals surface area contributed by atoms with Crippen LogP contribution in [0.15, 0.2) is 42.5 Å². The number of carbonyl (C=O) groups is 1. The number of thiophene rings is 1. The van der Waals surface area contributed by atoms with Crippen LogP contribution in [0.5, 0.6) is 5.75 Å². The average Bonchev–Trinajstić information content (AvgIpc) is 2.86. The number of fused-ring (bicyclic) bond motifs is 1. The van der Waals surface area contributed by atoms with Gasteiger partial charge in [-0.05, 0) is 36.4 Å². The van der Waals surface area contributed by atoms with Gasteiger partial charge in [-0.2, -0.15) is 0 Å². The van der Waals surface area contributed by atoms with Gasteiger partial charge in [-0.15, -0.1) is 11.3 Å². The lowest BCUT2D eigenvalue weighted by Gasteiger charge is -2.05. The maximum Gasteiger partial charge on any atom is 0.267 e. The van der Waals surface area contributed by atoms with E-state index < -0.39 is 0 Å². The molecule has 6 heteroatoms. The lowest BCUT2D eigenvalue weighted by atomic mass is 10.2. The molecule has 22 heavy (non-hydrogen) atoms. The number of halogens is 2. The quantitative estimate of drug-likeness (QED) is 0.679. The van der Waals surface area contributed by atoms with E-state index in [1.54, 1.807) is 37.4 Å². The Morgan fingerprint density at radius 1 is 1.14 bits per heavy atom. The predicted octanol–water partition coefficient (Wildman–Crippen LogP) is 5.47. The van der Waals surface area contributed by atoms with E-state index >= 15 is 0 Å². The number of benzene rings is 2. The second-order valence-electron chi connectivity index (χ2n) is 4.54. The van der Waals surface area contributed by atoms with Gasteiger partial charge in [-0.3, -0.25) is 4.79 Å². The van der Waals surface area contributed by atoms with Gasteiger partial charge in [0.25, 0.3) is 5.91 Å². The summed E-state index contributed by atoms with van der Waals surface area (Å²) >= 11 is 13.8. The summed E-state index contributed by atoms with van der Waals surface area (Å²) in [7, 11) is 1.59. The highest BCUT2D eigenvalue weighted by Crippen LogP contribution is 2.39. The van der Waals surface area contributed by atoms with Gasteiger partial charge in [0.15, 0.2) is 0 Å². The van der Waals surface area contributed by atoms with Crippen molar-refractivity contribution >= 4 is 56.2 Å². The normalized spacial score (nSPS) is 10.7. The van der Waals surface area contributed by atoms with Gasteiger partial charge >= 0.3 is 0 Å². The van der Waals surface area contributed by atoms with Gasteiger partial charge in [0.2, 0.25) is 0 Å². The highest BCUT2D eigenvalue weighted by atomic mass is 35.5. The molecule has 0 saturated carbocycles. The van der Waals surface area contributed by atoms with Crippen LogP contribution in [0.2, 0.25) is 10.0 Å². The SMILES string of the molecule is COc1ccc(NC(=O)c2sc3cccc(Cl)c3c2Cl)cc1. The van der Waals surface area contributed by atoms with Crippen molar-refractivity contribution in [2.75, 3.05) is 12.4 Å². The predicted molar refractivity (Wildman–Crippen MR) is 92.8 cm³/mol. The van der Waals surface area contributed by atoms with Gasteiger partial charge in [0.1, 0.15) is 10.6 Å². The molecular weight excluding hydrogens is 341 g/mol. The standard InChI is InChI=1S/C16H11Cl2NO2S/c1-21-10-7-5-9(6-8-10)19-16(20)15-14(18)13-11(17)3-2-4-12(13)22-15/h2-8H,1H3,(H,19,20). The van der Waals surface area contributed by atoms with Crippen LogP contribution in [0.1, 0.15) is 9.67 Å². The molecule has 2 aromatic carbocycles. The van der Waals surface area contributed by atoms with Gasteiger partial charge < -0.3 is 10.1 Å². The van der Waals surface area contributed by atoms with Crippen LogP contribution in [0.25, 0.3) is 10.1 Å². The van der Waals surface area contributed by atoms with Crippen LogP contribution in [-0.4, -0.2) is 13.0 Å². The summed E-state index contributed by atoms with van der Waals surface area (Å²) in [6, 6.07) is 12.6. The molecule has 3 rings (SSSR count). The van der Waals surface area contributed by atoms with Gasteiger partial charge in [-0.25, -0.2) is 0 Å². The first kappa shape index (κ1) is 15.2. The first-order valence-electron chi connectivity index (χ1n) is 6.42. The summed E-state index contributed by atoms with van der Waals surface area (Å²) in [4.78, 5) is 12.9. The summed E-state index contributed by atoms with van der Waals surface area (Å²) in [5, 5.41) is 4.47. The highest BCUT2D eigenvalue weighted by Gasteiger charge is 2.18. The zero-order chi connectivity index (χ0) is 15.7. The van der Waals surface area contributed by atoms with Crippen LogP contribution in [0.3, 0.4) is 0 Å². The van der Waals surface area contributed by atoms with Crippen molar-refractivity contribution in [3.8, 4) is 5.75 Å². The summed E-state index contributed by atoms with van der Waals surface area (Å²) in [5.41, 5.74) is 0.672. The summed E-state index contributed by atoms with van der Waals surface area (Å²) in [6.45, 7) is 0. The topological polar surface area (TPSA) is 38.3 Å². The van der Waals surface area contributed by atoms with E-state index in [-0.39, 0.29) is 5.91 Å². The third-order valence-electron chi connectivity index (χ3n) is 3.16. The molecule has 0 spiro atoms. The number of ether oxygens (including phenoxy) is 1. The molecule has 1 N–H and O–H groups in total. The fourth-order valence-electron chi connectivity index (χ4n) is 2.08. The van der Waals surface area contributed by atoms with Gasteiger partial charge in [-0.1, -0.05) is 29.3 Å². The maximum atomic E-state index is 12.4. The monoisotopic (exact) mass is 351 g/mol. The molecule has 112 valence electrons. The van der Waals surface area contributed by atoms with Crippen LogP contribution in [0, 0.1) is 0 Å². The van der Waals surface area contributed by atoms with E-state index in [0.717, 1.165) is 15.8 Å². The molecule has 0 radical (unpaired) electrons. The Bertz CT molecular complexity index is 843. The molecule has 3 aromatic rings. The summed E-state index contributed by atoms with van der Waals surface area (Å²) in [5.74, 6) is 0.470. The minimum Gasteiger partial charge on any atom is -0.497 e. The molecule has 1 amide bonds. The van der Waals surface area contributed by atoms with Crippen molar-refractivity contribution in [3.63, 3.8) is 0 Å². The van der Waals surface area contributed by atoms with E-state index in [9.17, 15) is 4.79 Å². The molecule has 0 fully saturated rings. The van der Waals surface area contributed by atoms with Crippen molar-refractivity contribution < 1.29 is 9.53 Å². The van der Waals surface area contributed by atoms with Crippen molar-refractivity contribution in [2.45, 2.75) is 0 Å². The Morgan fingerprint density at radius 3 is 2.50 bits per heavy atom. The number of amides is 1. The molecule has 0 saturated heterocycles. The fraction of sp³-hybridized carbons (Fsp3) is 0.0625. The van der Waals surface area contributed by atoms with Crippen molar-refractivity contribution in [2.24, 2.45) is 0 Å². The zero-order valence-corrected chi connectivity index (χ0v) is 13.9. The number of hydrogen-bond donors (Lipinski definition) is 1. The summed E-state index contributed by atoms with van der Waals surface area (Å²) < 4.78 is 5.97. The first-order valence-corrected chi connectivity index (χ1v) is 7.99. The Hall–Kier alpha value is -1.75. The van der Waals surface area contributed by atoms with Crippen molar-refractivity contribution in [1.29, 1.82) is 0 Å². The van der Waals surface area contributed by atoms with E-state index in [2.05, 4.69) is 5.32 Å². The minimum atomic E-state index is -0.257. The van der Waals surface area contributed by atoms with Gasteiger partial charge in [0.05, 0.1) is 17.2 Å². The first-order chi connectivity index (χ1) is 10.6.